The van der Waals surface area contributed by atoms with Gasteiger partial charge in [0.15, 0.2) is 0 Å². The standard InChI is InChI=1S/C15H17ClN2O2/c1-4-7-18-10(3)14(9(2)17-18)12-8-11(15(19)20)5-6-13(12)16/h5-6,8H,4,7H2,1-3H3,(H,19,20). The van der Waals surface area contributed by atoms with Crippen LogP contribution < -0.4 is 0 Å². The molecule has 0 aliphatic carbocycles. The maximum absolute atomic E-state index is 11.1. The van der Waals surface area contributed by atoms with Gasteiger partial charge in [0.25, 0.3) is 0 Å². The Morgan fingerprint density at radius 3 is 2.70 bits per heavy atom. The van der Waals surface area contributed by atoms with Gasteiger partial charge in [-0.1, -0.05) is 18.5 Å². The molecule has 5 heteroatoms. The lowest BCUT2D eigenvalue weighted by Crippen LogP contribution is -2.01. The minimum absolute atomic E-state index is 0.228. The highest BCUT2D eigenvalue weighted by Gasteiger charge is 2.17. The first kappa shape index (κ1) is 14.6. The fraction of sp³-hybridized carbons (Fsp3) is 0.333. The third-order valence-electron chi connectivity index (χ3n) is 3.30. The predicted molar refractivity (Wildman–Crippen MR) is 79.4 cm³/mol. The summed E-state index contributed by atoms with van der Waals surface area (Å²) in [7, 11) is 0. The third kappa shape index (κ3) is 2.56. The van der Waals surface area contributed by atoms with Crippen molar-refractivity contribution in [1.82, 2.24) is 9.78 Å². The van der Waals surface area contributed by atoms with E-state index < -0.39 is 5.97 Å². The molecule has 4 nitrogen and oxygen atoms in total. The van der Waals surface area contributed by atoms with Crippen molar-refractivity contribution in [2.24, 2.45) is 0 Å². The molecule has 0 unspecified atom stereocenters. The van der Waals surface area contributed by atoms with Crippen molar-refractivity contribution in [3.63, 3.8) is 0 Å². The maximum atomic E-state index is 11.1. The average molecular weight is 293 g/mol. The van der Waals surface area contributed by atoms with E-state index in [1.54, 1.807) is 12.1 Å². The van der Waals surface area contributed by atoms with Crippen LogP contribution in [0.2, 0.25) is 5.02 Å². The van der Waals surface area contributed by atoms with Crippen LogP contribution in [0.5, 0.6) is 0 Å². The molecule has 0 bridgehead atoms. The number of carboxylic acid groups (broad SMARTS) is 1. The molecule has 1 aromatic heterocycles. The van der Waals surface area contributed by atoms with E-state index in [-0.39, 0.29) is 5.56 Å². The van der Waals surface area contributed by atoms with Gasteiger partial charge in [-0.3, -0.25) is 4.68 Å². The van der Waals surface area contributed by atoms with Crippen molar-refractivity contribution in [1.29, 1.82) is 0 Å². The van der Waals surface area contributed by atoms with Crippen molar-refractivity contribution in [2.75, 3.05) is 0 Å². The Labute approximate surface area is 123 Å². The van der Waals surface area contributed by atoms with E-state index in [2.05, 4.69) is 12.0 Å². The topological polar surface area (TPSA) is 55.1 Å². The summed E-state index contributed by atoms with van der Waals surface area (Å²) >= 11 is 6.24. The molecule has 1 N–H and O–H groups in total. The first-order chi connectivity index (χ1) is 9.45. The molecule has 0 atom stereocenters. The Morgan fingerprint density at radius 2 is 2.10 bits per heavy atom. The molecule has 0 aliphatic rings. The number of aromatic nitrogens is 2. The molecule has 0 radical (unpaired) electrons. The highest BCUT2D eigenvalue weighted by atomic mass is 35.5. The molecule has 2 rings (SSSR count). The average Bonchev–Trinajstić information content (AvgIpc) is 2.66. The van der Waals surface area contributed by atoms with Gasteiger partial charge in [0.2, 0.25) is 0 Å². The summed E-state index contributed by atoms with van der Waals surface area (Å²) in [6.45, 7) is 6.82. The van der Waals surface area contributed by atoms with E-state index in [4.69, 9.17) is 16.7 Å². The van der Waals surface area contributed by atoms with Crippen LogP contribution in [0.3, 0.4) is 0 Å². The normalized spacial score (nSPS) is 10.8. The Morgan fingerprint density at radius 1 is 1.40 bits per heavy atom. The van der Waals surface area contributed by atoms with Crippen LogP contribution >= 0.6 is 11.6 Å². The zero-order chi connectivity index (χ0) is 14.9. The van der Waals surface area contributed by atoms with Crippen molar-refractivity contribution in [2.45, 2.75) is 33.7 Å². The summed E-state index contributed by atoms with van der Waals surface area (Å²) in [4.78, 5) is 11.1. The molecule has 0 amide bonds. The van der Waals surface area contributed by atoms with Crippen LogP contribution in [0.4, 0.5) is 0 Å². The summed E-state index contributed by atoms with van der Waals surface area (Å²) < 4.78 is 1.94. The minimum Gasteiger partial charge on any atom is -0.478 e. The molecular weight excluding hydrogens is 276 g/mol. The molecule has 106 valence electrons. The lowest BCUT2D eigenvalue weighted by atomic mass is 10.0. The largest absolute Gasteiger partial charge is 0.478 e. The Kier molecular flexibility index (Phi) is 4.14. The molecule has 1 heterocycles. The van der Waals surface area contributed by atoms with E-state index in [1.807, 2.05) is 18.5 Å². The van der Waals surface area contributed by atoms with E-state index in [9.17, 15) is 4.79 Å². The summed E-state index contributed by atoms with van der Waals surface area (Å²) in [6.07, 6.45) is 0.990. The number of aryl methyl sites for hydroxylation is 2. The van der Waals surface area contributed by atoms with Gasteiger partial charge >= 0.3 is 5.97 Å². The lowest BCUT2D eigenvalue weighted by Gasteiger charge is -2.07. The van der Waals surface area contributed by atoms with Gasteiger partial charge in [0.1, 0.15) is 0 Å². The summed E-state index contributed by atoms with van der Waals surface area (Å²) in [5, 5.41) is 14.2. The second-order valence-electron chi connectivity index (χ2n) is 4.77. The first-order valence-electron chi connectivity index (χ1n) is 6.53. The second kappa shape index (κ2) is 5.67. The van der Waals surface area contributed by atoms with Gasteiger partial charge in [-0.2, -0.15) is 5.10 Å². The summed E-state index contributed by atoms with van der Waals surface area (Å²) in [6, 6.07) is 4.74. The predicted octanol–water partition coefficient (Wildman–Crippen LogP) is 3.93. The second-order valence-corrected chi connectivity index (χ2v) is 5.18. The number of hydrogen-bond donors (Lipinski definition) is 1. The van der Waals surface area contributed by atoms with Crippen LogP contribution in [-0.4, -0.2) is 20.9 Å². The summed E-state index contributed by atoms with van der Waals surface area (Å²) in [5.41, 5.74) is 3.75. The molecule has 0 fully saturated rings. The Hall–Kier alpha value is -1.81. The molecular formula is C15H17ClN2O2. The zero-order valence-electron chi connectivity index (χ0n) is 11.8. The van der Waals surface area contributed by atoms with Crippen LogP contribution in [0.25, 0.3) is 11.1 Å². The van der Waals surface area contributed by atoms with Crippen molar-refractivity contribution in [3.8, 4) is 11.1 Å². The fourth-order valence-electron chi connectivity index (χ4n) is 2.37. The molecule has 20 heavy (non-hydrogen) atoms. The van der Waals surface area contributed by atoms with Gasteiger partial charge in [-0.15, -0.1) is 0 Å². The van der Waals surface area contributed by atoms with Crippen molar-refractivity contribution in [3.05, 3.63) is 40.2 Å². The summed E-state index contributed by atoms with van der Waals surface area (Å²) in [5.74, 6) is -0.959. The molecule has 0 saturated heterocycles. The quantitative estimate of drug-likeness (QED) is 0.929. The Balaban J connectivity index is 2.62. The number of carboxylic acids is 1. The maximum Gasteiger partial charge on any atom is 0.335 e. The number of nitrogens with zero attached hydrogens (tertiary/aromatic N) is 2. The van der Waals surface area contributed by atoms with Gasteiger partial charge in [-0.25, -0.2) is 4.79 Å². The zero-order valence-corrected chi connectivity index (χ0v) is 12.5. The number of rotatable bonds is 4. The molecule has 1 aromatic carbocycles. The van der Waals surface area contributed by atoms with E-state index in [1.165, 1.54) is 6.07 Å². The highest BCUT2D eigenvalue weighted by molar-refractivity contribution is 6.33. The number of benzene rings is 1. The van der Waals surface area contributed by atoms with Gasteiger partial charge < -0.3 is 5.11 Å². The van der Waals surface area contributed by atoms with Crippen LogP contribution in [0.15, 0.2) is 18.2 Å². The molecule has 2 aromatic rings. The van der Waals surface area contributed by atoms with E-state index in [0.717, 1.165) is 35.5 Å². The SMILES string of the molecule is CCCn1nc(C)c(-c2cc(C(=O)O)ccc2Cl)c1C. The third-order valence-corrected chi connectivity index (χ3v) is 3.63. The van der Waals surface area contributed by atoms with Crippen molar-refractivity contribution < 1.29 is 9.90 Å². The van der Waals surface area contributed by atoms with Crippen molar-refractivity contribution >= 4 is 17.6 Å². The number of halogens is 1. The monoisotopic (exact) mass is 292 g/mol. The minimum atomic E-state index is -0.959. The number of hydrogen-bond acceptors (Lipinski definition) is 2. The van der Waals surface area contributed by atoms with Crippen LogP contribution in [0.1, 0.15) is 35.1 Å². The molecule has 0 spiro atoms. The number of carbonyl (C=O) groups is 1. The highest BCUT2D eigenvalue weighted by Crippen LogP contribution is 2.33. The van der Waals surface area contributed by atoms with Gasteiger partial charge in [0.05, 0.1) is 11.3 Å². The fourth-order valence-corrected chi connectivity index (χ4v) is 2.58. The van der Waals surface area contributed by atoms with Crippen LogP contribution in [-0.2, 0) is 6.54 Å². The van der Waals surface area contributed by atoms with E-state index >= 15 is 0 Å². The number of aromatic carboxylic acids is 1. The Bertz CT molecular complexity index is 662. The smallest absolute Gasteiger partial charge is 0.335 e. The van der Waals surface area contributed by atoms with Crippen LogP contribution in [0, 0.1) is 13.8 Å². The molecule has 0 aliphatic heterocycles. The molecule has 0 saturated carbocycles. The van der Waals surface area contributed by atoms with Gasteiger partial charge in [-0.05, 0) is 38.5 Å². The van der Waals surface area contributed by atoms with Gasteiger partial charge in [0, 0.05) is 28.4 Å². The lowest BCUT2D eigenvalue weighted by molar-refractivity contribution is 0.0697. The first-order valence-corrected chi connectivity index (χ1v) is 6.90. The van der Waals surface area contributed by atoms with E-state index in [0.29, 0.717) is 5.02 Å².